The highest BCUT2D eigenvalue weighted by Gasteiger charge is 2.32. The summed E-state index contributed by atoms with van der Waals surface area (Å²) in [4.78, 5) is 0. The minimum absolute atomic E-state index is 0.0670. The van der Waals surface area contributed by atoms with Crippen LogP contribution in [0, 0.1) is 0 Å². The number of fused-ring (bicyclic) bond motifs is 1. The fourth-order valence-corrected chi connectivity index (χ4v) is 1.93. The molecule has 0 aromatic carbocycles. The Kier molecular flexibility index (Phi) is 2.75. The second-order valence-electron chi connectivity index (χ2n) is 2.95. The van der Waals surface area contributed by atoms with Crippen LogP contribution < -0.4 is 0 Å². The summed E-state index contributed by atoms with van der Waals surface area (Å²) in [5, 5.41) is 7.72. The highest BCUT2D eigenvalue weighted by Crippen LogP contribution is 2.32. The zero-order valence-electron chi connectivity index (χ0n) is 7.92. The Morgan fingerprint density at radius 1 is 1.38 bits per heavy atom. The van der Waals surface area contributed by atoms with Gasteiger partial charge in [-0.2, -0.15) is 13.2 Å². The molecule has 3 nitrogen and oxygen atoms in total. The van der Waals surface area contributed by atoms with Gasteiger partial charge in [-0.15, -0.1) is 10.2 Å². The van der Waals surface area contributed by atoms with Crippen molar-refractivity contribution >= 4 is 29.0 Å². The van der Waals surface area contributed by atoms with Crippen molar-refractivity contribution in [2.45, 2.75) is 11.3 Å². The number of hydrogen-bond acceptors (Lipinski definition) is 3. The highest BCUT2D eigenvalue weighted by molar-refractivity contribution is 7.98. The summed E-state index contributed by atoms with van der Waals surface area (Å²) in [6, 6.07) is 0.843. The summed E-state index contributed by atoms with van der Waals surface area (Å²) >= 11 is 6.90. The lowest BCUT2D eigenvalue weighted by molar-refractivity contribution is -0.137. The second kappa shape index (κ2) is 3.81. The van der Waals surface area contributed by atoms with E-state index in [0.29, 0.717) is 5.16 Å². The van der Waals surface area contributed by atoms with E-state index in [2.05, 4.69) is 10.2 Å². The molecular weight excluding hydrogens is 263 g/mol. The van der Waals surface area contributed by atoms with E-state index in [-0.39, 0.29) is 10.7 Å². The van der Waals surface area contributed by atoms with Crippen molar-refractivity contribution in [3.63, 3.8) is 0 Å². The summed E-state index contributed by atoms with van der Waals surface area (Å²) in [5.41, 5.74) is -0.598. The normalized spacial score (nSPS) is 12.3. The van der Waals surface area contributed by atoms with Gasteiger partial charge in [-0.25, -0.2) is 0 Å². The van der Waals surface area contributed by atoms with Gasteiger partial charge >= 0.3 is 6.18 Å². The number of nitrogens with zero attached hydrogens (tertiary/aromatic N) is 3. The first-order chi connectivity index (χ1) is 7.43. The third-order valence-electron chi connectivity index (χ3n) is 1.94. The van der Waals surface area contributed by atoms with E-state index in [1.54, 1.807) is 6.26 Å². The summed E-state index contributed by atoms with van der Waals surface area (Å²) in [6.45, 7) is 0. The monoisotopic (exact) mass is 267 g/mol. The number of halogens is 4. The molecule has 0 aliphatic carbocycles. The number of rotatable bonds is 1. The van der Waals surface area contributed by atoms with E-state index in [1.165, 1.54) is 16.2 Å². The molecule has 86 valence electrons. The van der Waals surface area contributed by atoms with Crippen LogP contribution in [0.5, 0.6) is 0 Å². The van der Waals surface area contributed by atoms with Crippen molar-refractivity contribution in [2.24, 2.45) is 0 Å². The summed E-state index contributed by atoms with van der Waals surface area (Å²) in [5.74, 6) is 0. The smallest absolute Gasteiger partial charge is 0.276 e. The van der Waals surface area contributed by atoms with E-state index in [0.717, 1.165) is 12.3 Å². The van der Waals surface area contributed by atoms with E-state index >= 15 is 0 Å². The lowest BCUT2D eigenvalue weighted by Crippen LogP contribution is -2.06. The zero-order valence-corrected chi connectivity index (χ0v) is 9.49. The molecule has 2 aromatic heterocycles. The third-order valence-corrected chi connectivity index (χ3v) is 2.86. The molecule has 0 saturated heterocycles. The number of thioether (sulfide) groups is 1. The van der Waals surface area contributed by atoms with Crippen LogP contribution in [0.15, 0.2) is 17.4 Å². The van der Waals surface area contributed by atoms with Gasteiger partial charge in [0.1, 0.15) is 0 Å². The van der Waals surface area contributed by atoms with Gasteiger partial charge in [0.2, 0.25) is 0 Å². The molecule has 0 N–H and O–H groups in total. The highest BCUT2D eigenvalue weighted by atomic mass is 35.5. The summed E-state index contributed by atoms with van der Waals surface area (Å²) in [7, 11) is 0. The maximum atomic E-state index is 12.5. The molecule has 2 rings (SSSR count). The fourth-order valence-electron chi connectivity index (χ4n) is 1.23. The van der Waals surface area contributed by atoms with Crippen LogP contribution in [-0.4, -0.2) is 20.9 Å². The van der Waals surface area contributed by atoms with Crippen LogP contribution in [0.1, 0.15) is 5.56 Å². The van der Waals surface area contributed by atoms with Crippen molar-refractivity contribution in [1.29, 1.82) is 0 Å². The van der Waals surface area contributed by atoms with Crippen molar-refractivity contribution in [1.82, 2.24) is 14.6 Å². The molecule has 0 aliphatic heterocycles. The molecule has 8 heteroatoms. The maximum absolute atomic E-state index is 12.5. The Hall–Kier alpha value is -0.950. The summed E-state index contributed by atoms with van der Waals surface area (Å²) in [6.07, 6.45) is -1.80. The van der Waals surface area contributed by atoms with Gasteiger partial charge in [-0.05, 0) is 12.3 Å². The first kappa shape index (κ1) is 11.5. The number of pyridine rings is 1. The predicted molar refractivity (Wildman–Crippen MR) is 54.8 cm³/mol. The van der Waals surface area contributed by atoms with Crippen molar-refractivity contribution in [2.75, 3.05) is 6.26 Å². The van der Waals surface area contributed by atoms with Crippen LogP contribution in [0.25, 0.3) is 5.65 Å². The van der Waals surface area contributed by atoms with Crippen LogP contribution in [0.2, 0.25) is 5.02 Å². The molecule has 2 heterocycles. The summed E-state index contributed by atoms with van der Waals surface area (Å²) < 4.78 is 38.8. The van der Waals surface area contributed by atoms with Gasteiger partial charge in [0.15, 0.2) is 10.8 Å². The predicted octanol–water partition coefficient (Wildman–Crippen LogP) is 3.12. The van der Waals surface area contributed by atoms with Crippen LogP contribution in [0.3, 0.4) is 0 Å². The van der Waals surface area contributed by atoms with E-state index in [1.807, 2.05) is 0 Å². The maximum Gasteiger partial charge on any atom is 0.417 e. The largest absolute Gasteiger partial charge is 0.417 e. The molecule has 16 heavy (non-hydrogen) atoms. The first-order valence-corrected chi connectivity index (χ1v) is 5.69. The van der Waals surface area contributed by atoms with Gasteiger partial charge in [-0.3, -0.25) is 4.40 Å². The molecule has 0 bridgehead atoms. The van der Waals surface area contributed by atoms with Gasteiger partial charge < -0.3 is 0 Å². The molecule has 0 radical (unpaired) electrons. The van der Waals surface area contributed by atoms with Crippen molar-refractivity contribution in [3.8, 4) is 0 Å². The van der Waals surface area contributed by atoms with Crippen LogP contribution in [-0.2, 0) is 6.18 Å². The lowest BCUT2D eigenvalue weighted by Gasteiger charge is -2.08. The molecule has 2 aromatic rings. The minimum atomic E-state index is -4.43. The van der Waals surface area contributed by atoms with Crippen molar-refractivity contribution in [3.05, 3.63) is 22.8 Å². The van der Waals surface area contributed by atoms with Gasteiger partial charge in [0, 0.05) is 6.20 Å². The molecule has 0 saturated carbocycles. The lowest BCUT2D eigenvalue weighted by atomic mass is 10.3. The topological polar surface area (TPSA) is 30.2 Å². The molecule has 0 aliphatic rings. The second-order valence-corrected chi connectivity index (χ2v) is 4.14. The van der Waals surface area contributed by atoms with Crippen LogP contribution in [0.4, 0.5) is 13.2 Å². The van der Waals surface area contributed by atoms with E-state index < -0.39 is 11.7 Å². The molecule has 0 amide bonds. The Morgan fingerprint density at radius 2 is 2.06 bits per heavy atom. The average molecular weight is 268 g/mol. The Balaban J connectivity index is 2.73. The number of aromatic nitrogens is 3. The zero-order chi connectivity index (χ0) is 11.9. The Bertz CT molecular complexity index is 537. The molecule has 0 spiro atoms. The number of alkyl halides is 3. The third kappa shape index (κ3) is 1.84. The first-order valence-electron chi connectivity index (χ1n) is 4.09. The minimum Gasteiger partial charge on any atom is -0.276 e. The van der Waals surface area contributed by atoms with E-state index in [9.17, 15) is 13.2 Å². The molecule has 0 fully saturated rings. The van der Waals surface area contributed by atoms with Crippen LogP contribution >= 0.6 is 23.4 Å². The van der Waals surface area contributed by atoms with Gasteiger partial charge in [0.05, 0.1) is 10.6 Å². The van der Waals surface area contributed by atoms with Gasteiger partial charge in [0.25, 0.3) is 0 Å². The molecule has 0 unspecified atom stereocenters. The van der Waals surface area contributed by atoms with E-state index in [4.69, 9.17) is 11.6 Å². The Labute approximate surface area is 97.6 Å². The fraction of sp³-hybridized carbons (Fsp3) is 0.250. The number of hydrogen-bond donors (Lipinski definition) is 0. The Morgan fingerprint density at radius 3 is 2.62 bits per heavy atom. The standard InChI is InChI=1S/C8H5ClF3N3S/c1-16-7-14-13-6-5(9)2-4(3-15(6)7)8(10,11)12/h2-3H,1H3. The quantitative estimate of drug-likeness (QED) is 0.744. The molecular formula is C8H5ClF3N3S. The SMILES string of the molecule is CSc1nnc2c(Cl)cc(C(F)(F)F)cn12. The molecule has 0 atom stereocenters. The van der Waals surface area contributed by atoms with Gasteiger partial charge in [-0.1, -0.05) is 23.4 Å². The average Bonchev–Trinajstić information content (AvgIpc) is 2.59. The van der Waals surface area contributed by atoms with Crippen molar-refractivity contribution < 1.29 is 13.2 Å².